The molecule has 3 rings (SSSR count). The highest BCUT2D eigenvalue weighted by Crippen LogP contribution is 2.16. The normalized spacial score (nSPS) is 11.4. The predicted molar refractivity (Wildman–Crippen MR) is 122 cm³/mol. The Kier molecular flexibility index (Phi) is 8.42. The first-order valence-corrected chi connectivity index (χ1v) is 10.3. The summed E-state index contributed by atoms with van der Waals surface area (Å²) in [6.07, 6.45) is 3.65. The number of benzene rings is 1. The minimum atomic E-state index is 0.481. The third kappa shape index (κ3) is 6.82. The smallest absolute Gasteiger partial charge is 0.213 e. The lowest BCUT2D eigenvalue weighted by atomic mass is 10.2. The van der Waals surface area contributed by atoms with Crippen LogP contribution < -0.4 is 10.1 Å². The van der Waals surface area contributed by atoms with E-state index in [1.165, 1.54) is 0 Å². The van der Waals surface area contributed by atoms with Gasteiger partial charge in [-0.3, -0.25) is 0 Å². The molecule has 2 heterocycles. The molecular weight excluding hydrogens is 392 g/mol. The SMILES string of the molecule is CCNC(=NCc1ccc(OCCOC)nc1)N(C)Cc1ncc(-c2ccccc2)[nH]1. The zero-order valence-corrected chi connectivity index (χ0v) is 18.3. The van der Waals surface area contributed by atoms with Crippen molar-refractivity contribution in [3.05, 3.63) is 66.2 Å². The van der Waals surface area contributed by atoms with Crippen molar-refractivity contribution in [2.75, 3.05) is 33.9 Å². The van der Waals surface area contributed by atoms with Gasteiger partial charge in [-0.15, -0.1) is 0 Å². The van der Waals surface area contributed by atoms with Gasteiger partial charge in [-0.25, -0.2) is 15.0 Å². The molecule has 0 atom stereocenters. The van der Waals surface area contributed by atoms with Crippen molar-refractivity contribution in [3.8, 4) is 17.1 Å². The summed E-state index contributed by atoms with van der Waals surface area (Å²) in [5.41, 5.74) is 3.13. The Morgan fingerprint density at radius 2 is 1.94 bits per heavy atom. The molecule has 0 saturated carbocycles. The Balaban J connectivity index is 1.60. The van der Waals surface area contributed by atoms with Crippen LogP contribution in [0.4, 0.5) is 0 Å². The number of rotatable bonds is 10. The summed E-state index contributed by atoms with van der Waals surface area (Å²) in [6, 6.07) is 14.0. The van der Waals surface area contributed by atoms with Crippen LogP contribution in [0.3, 0.4) is 0 Å². The predicted octanol–water partition coefficient (Wildman–Crippen LogP) is 3.09. The fourth-order valence-corrected chi connectivity index (χ4v) is 2.96. The van der Waals surface area contributed by atoms with Gasteiger partial charge in [-0.1, -0.05) is 36.4 Å². The van der Waals surface area contributed by atoms with Crippen LogP contribution in [0, 0.1) is 0 Å². The van der Waals surface area contributed by atoms with E-state index in [1.807, 2.05) is 48.5 Å². The van der Waals surface area contributed by atoms with Crippen LogP contribution in [0.5, 0.6) is 5.88 Å². The van der Waals surface area contributed by atoms with Crippen molar-refractivity contribution in [2.24, 2.45) is 4.99 Å². The van der Waals surface area contributed by atoms with E-state index in [0.717, 1.165) is 35.1 Å². The van der Waals surface area contributed by atoms with E-state index < -0.39 is 0 Å². The summed E-state index contributed by atoms with van der Waals surface area (Å²) < 4.78 is 10.5. The van der Waals surface area contributed by atoms with E-state index in [0.29, 0.717) is 32.2 Å². The van der Waals surface area contributed by atoms with Gasteiger partial charge in [0.1, 0.15) is 12.4 Å². The minimum Gasteiger partial charge on any atom is -0.475 e. The molecule has 2 aromatic heterocycles. The molecule has 0 bridgehead atoms. The second-order valence-corrected chi connectivity index (χ2v) is 6.98. The fraction of sp³-hybridized carbons (Fsp3) is 0.348. The van der Waals surface area contributed by atoms with Gasteiger partial charge >= 0.3 is 0 Å². The van der Waals surface area contributed by atoms with Crippen molar-refractivity contribution in [2.45, 2.75) is 20.0 Å². The second kappa shape index (κ2) is 11.7. The van der Waals surface area contributed by atoms with Crippen molar-refractivity contribution < 1.29 is 9.47 Å². The van der Waals surface area contributed by atoms with Crippen LogP contribution in [0.25, 0.3) is 11.3 Å². The topological polar surface area (TPSA) is 87.7 Å². The number of imidazole rings is 1. The number of nitrogens with zero attached hydrogens (tertiary/aromatic N) is 4. The number of H-pyrrole nitrogens is 1. The van der Waals surface area contributed by atoms with Crippen LogP contribution in [-0.4, -0.2) is 59.7 Å². The second-order valence-electron chi connectivity index (χ2n) is 6.98. The summed E-state index contributed by atoms with van der Waals surface area (Å²) in [6.45, 7) is 4.98. The summed E-state index contributed by atoms with van der Waals surface area (Å²) >= 11 is 0. The third-order valence-electron chi connectivity index (χ3n) is 4.54. The molecule has 0 spiro atoms. The Bertz CT molecular complexity index is 940. The Hall–Kier alpha value is -3.39. The standard InChI is InChI=1S/C23H30N6O2/c1-4-24-23(27-15-18-10-11-22(26-14-18)31-13-12-30-3)29(2)17-21-25-16-20(28-21)19-8-6-5-7-9-19/h5-11,14,16H,4,12-13,15,17H2,1-3H3,(H,24,27)(H,25,28). The first-order valence-electron chi connectivity index (χ1n) is 10.3. The molecule has 31 heavy (non-hydrogen) atoms. The van der Waals surface area contributed by atoms with Gasteiger partial charge in [0.25, 0.3) is 0 Å². The van der Waals surface area contributed by atoms with Gasteiger partial charge in [-0.2, -0.15) is 0 Å². The lowest BCUT2D eigenvalue weighted by Gasteiger charge is -2.21. The van der Waals surface area contributed by atoms with Crippen LogP contribution in [0.1, 0.15) is 18.3 Å². The molecule has 3 aromatic rings. The van der Waals surface area contributed by atoms with Crippen LogP contribution in [0.2, 0.25) is 0 Å². The highest BCUT2D eigenvalue weighted by Gasteiger charge is 2.10. The molecule has 2 N–H and O–H groups in total. The third-order valence-corrected chi connectivity index (χ3v) is 4.54. The van der Waals surface area contributed by atoms with E-state index >= 15 is 0 Å². The maximum Gasteiger partial charge on any atom is 0.213 e. The quantitative estimate of drug-likeness (QED) is 0.297. The summed E-state index contributed by atoms with van der Waals surface area (Å²) in [7, 11) is 3.64. The van der Waals surface area contributed by atoms with Crippen molar-refractivity contribution in [1.29, 1.82) is 0 Å². The minimum absolute atomic E-state index is 0.481. The van der Waals surface area contributed by atoms with E-state index in [4.69, 9.17) is 14.5 Å². The molecule has 8 nitrogen and oxygen atoms in total. The van der Waals surface area contributed by atoms with Gasteiger partial charge in [0.15, 0.2) is 5.96 Å². The van der Waals surface area contributed by atoms with E-state index in [2.05, 4.69) is 39.3 Å². The van der Waals surface area contributed by atoms with E-state index in [-0.39, 0.29) is 0 Å². The summed E-state index contributed by atoms with van der Waals surface area (Å²) in [5, 5.41) is 3.33. The molecule has 1 aromatic carbocycles. The van der Waals surface area contributed by atoms with Gasteiger partial charge in [-0.05, 0) is 18.1 Å². The van der Waals surface area contributed by atoms with Crippen molar-refractivity contribution in [3.63, 3.8) is 0 Å². The monoisotopic (exact) mass is 422 g/mol. The van der Waals surface area contributed by atoms with Crippen LogP contribution in [0.15, 0.2) is 59.9 Å². The van der Waals surface area contributed by atoms with Crippen LogP contribution >= 0.6 is 0 Å². The van der Waals surface area contributed by atoms with Gasteiger partial charge in [0.05, 0.1) is 31.6 Å². The number of methoxy groups -OCH3 is 1. The number of aromatic amines is 1. The van der Waals surface area contributed by atoms with Gasteiger partial charge < -0.3 is 24.7 Å². The number of aromatic nitrogens is 3. The van der Waals surface area contributed by atoms with E-state index in [1.54, 1.807) is 13.3 Å². The molecular formula is C23H30N6O2. The number of ether oxygens (including phenoxy) is 2. The molecule has 8 heteroatoms. The highest BCUT2D eigenvalue weighted by molar-refractivity contribution is 5.79. The fourth-order valence-electron chi connectivity index (χ4n) is 2.96. The molecule has 0 amide bonds. The number of guanidine groups is 1. The molecule has 164 valence electrons. The van der Waals surface area contributed by atoms with Gasteiger partial charge in [0.2, 0.25) is 5.88 Å². The Labute approximate surface area is 183 Å². The lowest BCUT2D eigenvalue weighted by Crippen LogP contribution is -2.38. The average Bonchev–Trinajstić information content (AvgIpc) is 3.26. The number of hydrogen-bond donors (Lipinski definition) is 2. The first-order chi connectivity index (χ1) is 15.2. The first kappa shape index (κ1) is 22.3. The van der Waals surface area contributed by atoms with E-state index in [9.17, 15) is 0 Å². The number of nitrogens with one attached hydrogen (secondary N) is 2. The lowest BCUT2D eigenvalue weighted by molar-refractivity contribution is 0.143. The summed E-state index contributed by atoms with van der Waals surface area (Å²) in [4.78, 5) is 19.0. The molecule has 0 aliphatic rings. The average molecular weight is 423 g/mol. The largest absolute Gasteiger partial charge is 0.475 e. The molecule has 0 radical (unpaired) electrons. The maximum absolute atomic E-state index is 5.50. The Morgan fingerprint density at radius 1 is 1.10 bits per heavy atom. The molecule has 0 aliphatic heterocycles. The Morgan fingerprint density at radius 3 is 2.65 bits per heavy atom. The molecule has 0 unspecified atom stereocenters. The zero-order chi connectivity index (χ0) is 21.9. The molecule has 0 aliphatic carbocycles. The molecule has 0 fully saturated rings. The summed E-state index contributed by atoms with van der Waals surface area (Å²) in [5.74, 6) is 2.27. The van der Waals surface area contributed by atoms with Crippen molar-refractivity contribution in [1.82, 2.24) is 25.2 Å². The van der Waals surface area contributed by atoms with Gasteiger partial charge in [0, 0.05) is 33.0 Å². The zero-order valence-electron chi connectivity index (χ0n) is 18.3. The number of pyridine rings is 1. The van der Waals surface area contributed by atoms with Crippen molar-refractivity contribution >= 4 is 5.96 Å². The maximum atomic E-state index is 5.50. The molecule has 0 saturated heterocycles. The highest BCUT2D eigenvalue weighted by atomic mass is 16.5. The number of aliphatic imine (C=N–C) groups is 1. The van der Waals surface area contributed by atoms with Crippen LogP contribution in [-0.2, 0) is 17.8 Å². The number of hydrogen-bond acceptors (Lipinski definition) is 5.